The van der Waals surface area contributed by atoms with Crippen LogP contribution in [-0.4, -0.2) is 77.0 Å². The van der Waals surface area contributed by atoms with Gasteiger partial charge in [-0.25, -0.2) is 23.7 Å². The second-order valence-electron chi connectivity index (χ2n) is 9.17. The van der Waals surface area contributed by atoms with E-state index in [1.807, 2.05) is 19.9 Å². The molecular weight excluding hydrogens is 478 g/mol. The van der Waals surface area contributed by atoms with Crippen LogP contribution >= 0.6 is 0 Å². The zero-order valence-corrected chi connectivity index (χ0v) is 21.2. The summed E-state index contributed by atoms with van der Waals surface area (Å²) in [5, 5.41) is 23.3. The Balaban J connectivity index is 1.53. The highest BCUT2D eigenvalue weighted by molar-refractivity contribution is 6.15. The maximum atomic E-state index is 14.8. The molecular formula is C26H32F2N8O. The molecule has 0 saturated carbocycles. The number of hydrogen-bond donors (Lipinski definition) is 4. The van der Waals surface area contributed by atoms with E-state index in [0.717, 1.165) is 44.1 Å². The SMILES string of the molecule is CN/C(=C1/C=C(c2nc(Nc3ccc(N4CCN(CCO)CC4)cn3)ncc2F)C=C(F)C1=N)C(C)C. The van der Waals surface area contributed by atoms with Crippen molar-refractivity contribution in [3.05, 3.63) is 65.3 Å². The molecule has 0 aromatic carbocycles. The van der Waals surface area contributed by atoms with Gasteiger partial charge in [0, 0.05) is 56.6 Å². The first kappa shape index (κ1) is 26.4. The predicted molar refractivity (Wildman–Crippen MR) is 141 cm³/mol. The highest BCUT2D eigenvalue weighted by Crippen LogP contribution is 2.31. The van der Waals surface area contributed by atoms with Gasteiger partial charge in [-0.2, -0.15) is 0 Å². The lowest BCUT2D eigenvalue weighted by molar-refractivity contribution is 0.189. The second kappa shape index (κ2) is 11.6. The molecule has 0 spiro atoms. The fourth-order valence-corrected chi connectivity index (χ4v) is 4.45. The van der Waals surface area contributed by atoms with Crippen molar-refractivity contribution in [3.8, 4) is 0 Å². The van der Waals surface area contributed by atoms with Crippen molar-refractivity contribution < 1.29 is 13.9 Å². The summed E-state index contributed by atoms with van der Waals surface area (Å²) in [7, 11) is 1.71. The topological polar surface area (TPSA) is 113 Å². The van der Waals surface area contributed by atoms with Gasteiger partial charge >= 0.3 is 0 Å². The molecule has 0 amide bonds. The molecule has 2 aromatic rings. The number of aliphatic hydroxyl groups excluding tert-OH is 1. The summed E-state index contributed by atoms with van der Waals surface area (Å²) in [6, 6.07) is 3.74. The van der Waals surface area contributed by atoms with Crippen molar-refractivity contribution in [1.29, 1.82) is 5.41 Å². The fourth-order valence-electron chi connectivity index (χ4n) is 4.45. The highest BCUT2D eigenvalue weighted by Gasteiger charge is 2.24. The van der Waals surface area contributed by atoms with E-state index in [4.69, 9.17) is 10.5 Å². The average Bonchev–Trinajstić information content (AvgIpc) is 2.89. The van der Waals surface area contributed by atoms with Gasteiger partial charge in [-0.15, -0.1) is 0 Å². The number of anilines is 3. The third-order valence-corrected chi connectivity index (χ3v) is 6.39. The molecule has 4 N–H and O–H groups in total. The minimum absolute atomic E-state index is 0.00897. The lowest BCUT2D eigenvalue weighted by Crippen LogP contribution is -2.47. The Morgan fingerprint density at radius 1 is 1.11 bits per heavy atom. The number of nitrogens with one attached hydrogen (secondary N) is 3. The fraction of sp³-hybridized carbons (Fsp3) is 0.385. The van der Waals surface area contributed by atoms with E-state index < -0.39 is 11.6 Å². The molecule has 1 fully saturated rings. The number of nitrogens with zero attached hydrogens (tertiary/aromatic N) is 5. The molecule has 0 bridgehead atoms. The Bertz CT molecular complexity index is 1230. The van der Waals surface area contributed by atoms with E-state index in [0.29, 0.717) is 23.6 Å². The quantitative estimate of drug-likeness (QED) is 0.428. The molecule has 196 valence electrons. The summed E-state index contributed by atoms with van der Waals surface area (Å²) >= 11 is 0. The minimum Gasteiger partial charge on any atom is -0.395 e. The number of halogens is 2. The number of piperazine rings is 1. The highest BCUT2D eigenvalue weighted by atomic mass is 19.1. The first-order valence-electron chi connectivity index (χ1n) is 12.2. The van der Waals surface area contributed by atoms with Crippen molar-refractivity contribution in [2.45, 2.75) is 13.8 Å². The van der Waals surface area contributed by atoms with Gasteiger partial charge in [-0.05, 0) is 30.2 Å². The molecule has 0 atom stereocenters. The number of aliphatic hydroxyl groups is 1. The Kier molecular flexibility index (Phi) is 8.24. The summed E-state index contributed by atoms with van der Waals surface area (Å²) in [4.78, 5) is 17.2. The van der Waals surface area contributed by atoms with Crippen molar-refractivity contribution in [2.24, 2.45) is 5.92 Å². The zero-order valence-electron chi connectivity index (χ0n) is 21.2. The minimum atomic E-state index is -0.761. The zero-order chi connectivity index (χ0) is 26.5. The number of hydrogen-bond acceptors (Lipinski definition) is 9. The summed E-state index contributed by atoms with van der Waals surface area (Å²) < 4.78 is 29.4. The third kappa shape index (κ3) is 6.00. The van der Waals surface area contributed by atoms with Crippen LogP contribution in [0.4, 0.5) is 26.2 Å². The molecule has 2 aliphatic rings. The molecule has 1 saturated heterocycles. The van der Waals surface area contributed by atoms with Crippen molar-refractivity contribution in [3.63, 3.8) is 0 Å². The maximum Gasteiger partial charge on any atom is 0.229 e. The number of pyridine rings is 1. The van der Waals surface area contributed by atoms with Crippen LogP contribution in [0.3, 0.4) is 0 Å². The third-order valence-electron chi connectivity index (χ3n) is 6.39. The van der Waals surface area contributed by atoms with Crippen molar-refractivity contribution >= 4 is 28.7 Å². The summed E-state index contributed by atoms with van der Waals surface area (Å²) in [5.41, 5.74) is 1.90. The van der Waals surface area contributed by atoms with E-state index >= 15 is 0 Å². The summed E-state index contributed by atoms with van der Waals surface area (Å²) in [5.74, 6) is -0.850. The first-order valence-corrected chi connectivity index (χ1v) is 12.2. The van der Waals surface area contributed by atoms with Gasteiger partial charge in [-0.3, -0.25) is 10.3 Å². The van der Waals surface area contributed by atoms with Gasteiger partial charge in [-0.1, -0.05) is 13.8 Å². The summed E-state index contributed by atoms with van der Waals surface area (Å²) in [6.07, 6.45) is 5.47. The van der Waals surface area contributed by atoms with Gasteiger partial charge in [0.05, 0.1) is 30.4 Å². The van der Waals surface area contributed by atoms with E-state index in [1.54, 1.807) is 25.4 Å². The summed E-state index contributed by atoms with van der Waals surface area (Å²) in [6.45, 7) is 8.14. The Labute approximate surface area is 215 Å². The number of allylic oxidation sites excluding steroid dienone is 6. The Hall–Kier alpha value is -3.70. The molecule has 2 aromatic heterocycles. The molecule has 0 radical (unpaired) electrons. The van der Waals surface area contributed by atoms with Crippen LogP contribution in [0.15, 0.2) is 53.8 Å². The van der Waals surface area contributed by atoms with Crippen molar-refractivity contribution in [2.75, 3.05) is 56.6 Å². The Morgan fingerprint density at radius 3 is 2.49 bits per heavy atom. The van der Waals surface area contributed by atoms with Crippen LogP contribution < -0.4 is 15.5 Å². The van der Waals surface area contributed by atoms with Gasteiger partial charge < -0.3 is 20.6 Å². The number of rotatable bonds is 8. The van der Waals surface area contributed by atoms with Crippen LogP contribution in [0.5, 0.6) is 0 Å². The lowest BCUT2D eigenvalue weighted by atomic mass is 9.92. The van der Waals surface area contributed by atoms with Crippen LogP contribution in [0.1, 0.15) is 19.5 Å². The van der Waals surface area contributed by atoms with E-state index in [2.05, 4.69) is 35.4 Å². The van der Waals surface area contributed by atoms with Crippen LogP contribution in [0.2, 0.25) is 0 Å². The van der Waals surface area contributed by atoms with Gasteiger partial charge in [0.15, 0.2) is 5.82 Å². The number of β-amino-alcohol motifs (C(OH)–C–C–N with tert-alkyl or cyclic N) is 1. The lowest BCUT2D eigenvalue weighted by Gasteiger charge is -2.35. The van der Waals surface area contributed by atoms with E-state index in [-0.39, 0.29) is 35.5 Å². The average molecular weight is 511 g/mol. The molecule has 1 aliphatic heterocycles. The number of aromatic nitrogens is 3. The molecule has 1 aliphatic carbocycles. The smallest absolute Gasteiger partial charge is 0.229 e. The van der Waals surface area contributed by atoms with Gasteiger partial charge in [0.25, 0.3) is 0 Å². The molecule has 0 unspecified atom stereocenters. The standard InChI is InChI=1S/C26H32F2N8O/c1-16(2)24(30-3)19-12-17(13-20(27)23(19)29)25-21(28)15-32-26(34-25)33-22-5-4-18(14-31-22)36-8-6-35(7-9-36)10-11-37/h4-5,12-16,29-30,37H,6-11H2,1-3H3,(H,31,32,33,34)/b24-19-,29-23?. The molecule has 9 nitrogen and oxygen atoms in total. The monoisotopic (exact) mass is 510 g/mol. The molecule has 3 heterocycles. The van der Waals surface area contributed by atoms with Crippen LogP contribution in [0.25, 0.3) is 5.57 Å². The normalized spacial score (nSPS) is 18.0. The van der Waals surface area contributed by atoms with Gasteiger partial charge in [0.1, 0.15) is 17.3 Å². The van der Waals surface area contributed by atoms with E-state index in [9.17, 15) is 8.78 Å². The first-order chi connectivity index (χ1) is 17.8. The molecule has 37 heavy (non-hydrogen) atoms. The van der Waals surface area contributed by atoms with Crippen LogP contribution in [0, 0.1) is 17.1 Å². The molecule has 4 rings (SSSR count). The molecule has 11 heteroatoms. The van der Waals surface area contributed by atoms with Gasteiger partial charge in [0.2, 0.25) is 5.95 Å². The largest absolute Gasteiger partial charge is 0.395 e. The van der Waals surface area contributed by atoms with Crippen LogP contribution in [-0.2, 0) is 0 Å². The predicted octanol–water partition coefficient (Wildman–Crippen LogP) is 3.27. The Morgan fingerprint density at radius 2 is 1.86 bits per heavy atom. The maximum absolute atomic E-state index is 14.8. The van der Waals surface area contributed by atoms with E-state index in [1.165, 1.54) is 0 Å². The van der Waals surface area contributed by atoms with Crippen molar-refractivity contribution in [1.82, 2.24) is 25.2 Å². The second-order valence-corrected chi connectivity index (χ2v) is 9.17.